The SMILES string of the molecule is CCOc1cc(CCCNC(=O)C(C)CNC)ccc1OC.Cl. The number of methoxy groups -OCH3 is 1. The lowest BCUT2D eigenvalue weighted by molar-refractivity contribution is -0.124. The van der Waals surface area contributed by atoms with Crippen molar-refractivity contribution in [3.8, 4) is 11.5 Å². The second kappa shape index (κ2) is 12.0. The van der Waals surface area contributed by atoms with Crippen molar-refractivity contribution in [1.82, 2.24) is 10.6 Å². The van der Waals surface area contributed by atoms with Crippen LogP contribution in [-0.2, 0) is 11.2 Å². The topological polar surface area (TPSA) is 59.6 Å². The summed E-state index contributed by atoms with van der Waals surface area (Å²) in [5, 5.41) is 5.97. The van der Waals surface area contributed by atoms with Crippen molar-refractivity contribution in [3.63, 3.8) is 0 Å². The third-order valence-corrected chi connectivity index (χ3v) is 3.43. The van der Waals surface area contributed by atoms with Crippen LogP contribution in [0.15, 0.2) is 18.2 Å². The second-order valence-corrected chi connectivity index (χ2v) is 5.27. The lowest BCUT2D eigenvalue weighted by atomic mass is 10.1. The van der Waals surface area contributed by atoms with Gasteiger partial charge >= 0.3 is 0 Å². The van der Waals surface area contributed by atoms with Crippen LogP contribution in [0.25, 0.3) is 0 Å². The van der Waals surface area contributed by atoms with E-state index in [2.05, 4.69) is 10.6 Å². The molecule has 0 bridgehead atoms. The molecule has 2 N–H and O–H groups in total. The first-order valence-electron chi connectivity index (χ1n) is 7.84. The molecule has 0 saturated heterocycles. The number of benzene rings is 1. The normalized spacial score (nSPS) is 11.3. The fraction of sp³-hybridized carbons (Fsp3) is 0.588. The molecule has 0 aromatic heterocycles. The van der Waals surface area contributed by atoms with Gasteiger partial charge in [-0.05, 0) is 44.5 Å². The fourth-order valence-electron chi connectivity index (χ4n) is 2.22. The Morgan fingerprint density at radius 1 is 1.30 bits per heavy atom. The molecule has 6 heteroatoms. The van der Waals surface area contributed by atoms with E-state index in [-0.39, 0.29) is 24.2 Å². The van der Waals surface area contributed by atoms with Crippen molar-refractivity contribution in [3.05, 3.63) is 23.8 Å². The summed E-state index contributed by atoms with van der Waals surface area (Å²) in [6, 6.07) is 5.97. The van der Waals surface area contributed by atoms with Gasteiger partial charge in [-0.1, -0.05) is 13.0 Å². The van der Waals surface area contributed by atoms with Crippen LogP contribution in [-0.4, -0.2) is 39.8 Å². The van der Waals surface area contributed by atoms with Gasteiger partial charge in [0.1, 0.15) is 0 Å². The first-order valence-corrected chi connectivity index (χ1v) is 7.84. The van der Waals surface area contributed by atoms with E-state index in [4.69, 9.17) is 9.47 Å². The van der Waals surface area contributed by atoms with E-state index in [0.29, 0.717) is 19.7 Å². The van der Waals surface area contributed by atoms with Crippen LogP contribution < -0.4 is 20.1 Å². The van der Waals surface area contributed by atoms with Crippen LogP contribution >= 0.6 is 12.4 Å². The van der Waals surface area contributed by atoms with E-state index >= 15 is 0 Å². The molecule has 0 fully saturated rings. The maximum Gasteiger partial charge on any atom is 0.224 e. The zero-order valence-corrected chi connectivity index (χ0v) is 15.3. The Morgan fingerprint density at radius 2 is 2.04 bits per heavy atom. The van der Waals surface area contributed by atoms with Crippen molar-refractivity contribution in [2.45, 2.75) is 26.7 Å². The van der Waals surface area contributed by atoms with Gasteiger partial charge in [0.15, 0.2) is 11.5 Å². The number of rotatable bonds is 10. The van der Waals surface area contributed by atoms with Gasteiger partial charge in [0.25, 0.3) is 0 Å². The molecule has 0 aliphatic rings. The molecule has 0 radical (unpaired) electrons. The van der Waals surface area contributed by atoms with Crippen LogP contribution in [0.5, 0.6) is 11.5 Å². The summed E-state index contributed by atoms with van der Waals surface area (Å²) >= 11 is 0. The van der Waals surface area contributed by atoms with Crippen molar-refractivity contribution in [1.29, 1.82) is 0 Å². The highest BCUT2D eigenvalue weighted by Gasteiger charge is 2.10. The molecule has 1 unspecified atom stereocenters. The minimum Gasteiger partial charge on any atom is -0.493 e. The van der Waals surface area contributed by atoms with Crippen LogP contribution in [0.2, 0.25) is 0 Å². The Hall–Kier alpha value is -1.46. The van der Waals surface area contributed by atoms with Crippen LogP contribution in [0.1, 0.15) is 25.8 Å². The largest absolute Gasteiger partial charge is 0.493 e. The highest BCUT2D eigenvalue weighted by Crippen LogP contribution is 2.28. The summed E-state index contributed by atoms with van der Waals surface area (Å²) < 4.78 is 10.8. The first kappa shape index (κ1) is 21.5. The number of carbonyl (C=O) groups excluding carboxylic acids is 1. The molecule has 1 amide bonds. The van der Waals surface area contributed by atoms with E-state index < -0.39 is 0 Å². The zero-order valence-electron chi connectivity index (χ0n) is 14.5. The Bertz CT molecular complexity index is 469. The minimum absolute atomic E-state index is 0. The Kier molecular flexibility index (Phi) is 11.3. The summed E-state index contributed by atoms with van der Waals surface area (Å²) in [5.41, 5.74) is 1.18. The van der Waals surface area contributed by atoms with E-state index in [0.717, 1.165) is 24.3 Å². The molecular weight excluding hydrogens is 316 g/mol. The highest BCUT2D eigenvalue weighted by atomic mass is 35.5. The summed E-state index contributed by atoms with van der Waals surface area (Å²) in [5.74, 6) is 1.61. The smallest absolute Gasteiger partial charge is 0.224 e. The monoisotopic (exact) mass is 344 g/mol. The van der Waals surface area contributed by atoms with Crippen LogP contribution in [0.4, 0.5) is 0 Å². The van der Waals surface area contributed by atoms with Crippen molar-refractivity contribution in [2.24, 2.45) is 5.92 Å². The number of aryl methyl sites for hydroxylation is 1. The van der Waals surface area contributed by atoms with Gasteiger partial charge in [-0.3, -0.25) is 4.79 Å². The predicted octanol–water partition coefficient (Wildman–Crippen LogP) is 2.42. The Balaban J connectivity index is 0.00000484. The average molecular weight is 345 g/mol. The lowest BCUT2D eigenvalue weighted by Crippen LogP contribution is -2.34. The quantitative estimate of drug-likeness (QED) is 0.640. The number of ether oxygens (including phenoxy) is 2. The average Bonchev–Trinajstić information content (AvgIpc) is 2.52. The molecule has 23 heavy (non-hydrogen) atoms. The van der Waals surface area contributed by atoms with Gasteiger partial charge < -0.3 is 20.1 Å². The maximum atomic E-state index is 11.8. The number of carbonyl (C=O) groups is 1. The van der Waals surface area contributed by atoms with Gasteiger partial charge in [-0.15, -0.1) is 12.4 Å². The summed E-state index contributed by atoms with van der Waals surface area (Å²) in [6.45, 7) is 5.86. The molecule has 0 aliphatic carbocycles. The Labute approximate surface area is 145 Å². The highest BCUT2D eigenvalue weighted by molar-refractivity contribution is 5.85. The number of halogens is 1. The van der Waals surface area contributed by atoms with Crippen molar-refractivity contribution < 1.29 is 14.3 Å². The van der Waals surface area contributed by atoms with Crippen molar-refractivity contribution >= 4 is 18.3 Å². The zero-order chi connectivity index (χ0) is 16.4. The molecule has 1 aromatic carbocycles. The lowest BCUT2D eigenvalue weighted by Gasteiger charge is -2.12. The standard InChI is InChI=1S/C17H28N2O3.ClH/c1-5-22-16-11-14(8-9-15(16)21-4)7-6-10-19-17(20)13(2)12-18-3;/h8-9,11,13,18H,5-7,10,12H2,1-4H3,(H,19,20);1H. The van der Waals surface area contributed by atoms with E-state index in [9.17, 15) is 4.79 Å². The van der Waals surface area contributed by atoms with Gasteiger partial charge in [-0.2, -0.15) is 0 Å². The fourth-order valence-corrected chi connectivity index (χ4v) is 2.22. The van der Waals surface area contributed by atoms with Crippen LogP contribution in [0.3, 0.4) is 0 Å². The van der Waals surface area contributed by atoms with Gasteiger partial charge in [0.2, 0.25) is 5.91 Å². The maximum absolute atomic E-state index is 11.8. The summed E-state index contributed by atoms with van der Waals surface area (Å²) in [7, 11) is 3.49. The number of hydrogen-bond acceptors (Lipinski definition) is 4. The first-order chi connectivity index (χ1) is 10.6. The summed E-state index contributed by atoms with van der Waals surface area (Å²) in [6.07, 6.45) is 1.79. The molecular formula is C17H29ClN2O3. The van der Waals surface area contributed by atoms with E-state index in [1.54, 1.807) is 7.11 Å². The van der Waals surface area contributed by atoms with E-state index in [1.165, 1.54) is 5.56 Å². The number of hydrogen-bond donors (Lipinski definition) is 2. The molecule has 1 rings (SSSR count). The third kappa shape index (κ3) is 7.57. The predicted molar refractivity (Wildman–Crippen MR) is 95.8 cm³/mol. The minimum atomic E-state index is -0.00413. The molecule has 0 spiro atoms. The summed E-state index contributed by atoms with van der Waals surface area (Å²) in [4.78, 5) is 11.8. The molecule has 1 atom stereocenters. The Morgan fingerprint density at radius 3 is 2.65 bits per heavy atom. The number of nitrogens with one attached hydrogen (secondary N) is 2. The van der Waals surface area contributed by atoms with Gasteiger partial charge in [0.05, 0.1) is 13.7 Å². The van der Waals surface area contributed by atoms with Crippen LogP contribution in [0, 0.1) is 5.92 Å². The molecule has 5 nitrogen and oxygen atoms in total. The van der Waals surface area contributed by atoms with Gasteiger partial charge in [0, 0.05) is 19.0 Å². The van der Waals surface area contributed by atoms with E-state index in [1.807, 2.05) is 39.1 Å². The third-order valence-electron chi connectivity index (χ3n) is 3.43. The number of amides is 1. The van der Waals surface area contributed by atoms with Crippen molar-refractivity contribution in [2.75, 3.05) is 33.9 Å². The molecule has 132 valence electrons. The molecule has 0 aliphatic heterocycles. The molecule has 1 aromatic rings. The molecule has 0 heterocycles. The van der Waals surface area contributed by atoms with Gasteiger partial charge in [-0.25, -0.2) is 0 Å². The molecule has 0 saturated carbocycles. The second-order valence-electron chi connectivity index (χ2n) is 5.27.